The number of aromatic nitrogens is 2. The van der Waals surface area contributed by atoms with Crippen LogP contribution in [-0.4, -0.2) is 42.3 Å². The number of para-hydroxylation sites is 1. The van der Waals surface area contributed by atoms with Gasteiger partial charge in [-0.05, 0) is 41.3 Å². The number of hydrogen-bond acceptors (Lipinski definition) is 6. The Labute approximate surface area is 195 Å². The molecule has 0 amide bonds. The molecule has 3 N–H and O–H groups in total. The monoisotopic (exact) mass is 476 g/mol. The van der Waals surface area contributed by atoms with Crippen LogP contribution in [0.2, 0.25) is 0 Å². The van der Waals surface area contributed by atoms with Crippen molar-refractivity contribution in [3.8, 4) is 39.8 Å². The molecule has 4 aromatic carbocycles. The molecule has 0 bridgehead atoms. The maximum Gasteiger partial charge on any atom is 0.294 e. The van der Waals surface area contributed by atoms with E-state index < -0.39 is 10.1 Å². The summed E-state index contributed by atoms with van der Waals surface area (Å²) in [5.74, 6) is 1.55. The van der Waals surface area contributed by atoms with E-state index in [0.717, 1.165) is 22.9 Å². The van der Waals surface area contributed by atoms with Gasteiger partial charge >= 0.3 is 0 Å². The molecule has 0 saturated carbocycles. The first kappa shape index (κ1) is 21.7. The maximum atomic E-state index is 11.5. The highest BCUT2D eigenvalue weighted by atomic mass is 32.2. The highest BCUT2D eigenvalue weighted by Crippen LogP contribution is 2.41. The molecule has 172 valence electrons. The minimum absolute atomic E-state index is 0.300. The van der Waals surface area contributed by atoms with Crippen molar-refractivity contribution in [2.24, 2.45) is 0 Å². The third-order valence-corrected chi connectivity index (χ3v) is 6.50. The number of hydrogen-bond donors (Lipinski definition) is 3. The summed E-state index contributed by atoms with van der Waals surface area (Å²) in [6, 6.07) is 19.0. The Morgan fingerprint density at radius 1 is 0.912 bits per heavy atom. The van der Waals surface area contributed by atoms with Gasteiger partial charge in [0.25, 0.3) is 10.1 Å². The molecule has 1 heterocycles. The molecule has 1 aromatic heterocycles. The first-order valence-corrected chi connectivity index (χ1v) is 11.7. The molecule has 34 heavy (non-hydrogen) atoms. The van der Waals surface area contributed by atoms with Crippen LogP contribution < -0.4 is 9.47 Å². The van der Waals surface area contributed by atoms with E-state index in [2.05, 4.69) is 4.98 Å². The number of H-pyrrole nitrogens is 1. The van der Waals surface area contributed by atoms with Crippen LogP contribution >= 0.6 is 0 Å². The summed E-state index contributed by atoms with van der Waals surface area (Å²) in [6.45, 7) is 0. The number of rotatable bonds is 5. The number of nitrogens with one attached hydrogen (secondary N) is 1. The molecule has 0 saturated heterocycles. The zero-order valence-corrected chi connectivity index (χ0v) is 19.1. The summed E-state index contributed by atoms with van der Waals surface area (Å²) in [5, 5.41) is 11.4. The number of aromatic hydroxyl groups is 1. The van der Waals surface area contributed by atoms with Crippen LogP contribution in [0.5, 0.6) is 17.2 Å². The number of nitrogens with zero attached hydrogens (tertiary/aromatic N) is 1. The van der Waals surface area contributed by atoms with E-state index in [-0.39, 0.29) is 10.6 Å². The summed E-state index contributed by atoms with van der Waals surface area (Å²) >= 11 is 0. The molecule has 0 radical (unpaired) electrons. The van der Waals surface area contributed by atoms with Crippen LogP contribution in [0, 0.1) is 0 Å². The van der Waals surface area contributed by atoms with Gasteiger partial charge in [-0.15, -0.1) is 0 Å². The molecule has 0 aliphatic carbocycles. The quantitative estimate of drug-likeness (QED) is 0.305. The molecule has 8 nitrogen and oxygen atoms in total. The first-order valence-electron chi connectivity index (χ1n) is 10.2. The lowest BCUT2D eigenvalue weighted by atomic mass is 10.0. The maximum absolute atomic E-state index is 11.5. The molecule has 5 rings (SSSR count). The fraction of sp³-hybridized carbons (Fsp3) is 0.0800. The van der Waals surface area contributed by atoms with Crippen molar-refractivity contribution >= 4 is 31.9 Å². The highest BCUT2D eigenvalue weighted by Gasteiger charge is 2.19. The van der Waals surface area contributed by atoms with E-state index in [9.17, 15) is 18.1 Å². The standard InChI is InChI=1S/C25H20N2O6S/c1-32-16-6-3-5-14(11-16)18-7-4-8-19(24(18)33-2)25-26-20-10-9-15-12-17(34(29,30)31)13-21(28)22(15)23(20)27-25/h3-13,28H,1-2H3,(H,26,27)(H,29,30,31). The van der Waals surface area contributed by atoms with Crippen LogP contribution in [0.1, 0.15) is 0 Å². The van der Waals surface area contributed by atoms with E-state index >= 15 is 0 Å². The van der Waals surface area contributed by atoms with Crippen molar-refractivity contribution in [3.05, 3.63) is 66.7 Å². The van der Waals surface area contributed by atoms with Crippen molar-refractivity contribution in [3.63, 3.8) is 0 Å². The Balaban J connectivity index is 1.71. The van der Waals surface area contributed by atoms with Crippen LogP contribution in [0.4, 0.5) is 0 Å². The second kappa shape index (κ2) is 8.05. The molecule has 0 unspecified atom stereocenters. The lowest BCUT2D eigenvalue weighted by Gasteiger charge is -2.13. The summed E-state index contributed by atoms with van der Waals surface area (Å²) in [7, 11) is -1.27. The van der Waals surface area contributed by atoms with Crippen molar-refractivity contribution in [2.45, 2.75) is 4.90 Å². The lowest BCUT2D eigenvalue weighted by molar-refractivity contribution is 0.414. The van der Waals surface area contributed by atoms with Gasteiger partial charge in [-0.2, -0.15) is 8.42 Å². The Kier molecular flexibility index (Phi) is 5.15. The predicted molar refractivity (Wildman–Crippen MR) is 129 cm³/mol. The van der Waals surface area contributed by atoms with E-state index in [0.29, 0.717) is 38.9 Å². The fourth-order valence-corrected chi connectivity index (χ4v) is 4.66. The molecular weight excluding hydrogens is 456 g/mol. The zero-order valence-electron chi connectivity index (χ0n) is 18.2. The Bertz CT molecular complexity index is 1670. The predicted octanol–water partition coefficient (Wildman–Crippen LogP) is 5.02. The highest BCUT2D eigenvalue weighted by molar-refractivity contribution is 7.85. The minimum atomic E-state index is -4.47. The number of phenolic OH excluding ortho intramolecular Hbond substituents is 1. The van der Waals surface area contributed by atoms with Crippen LogP contribution in [0.3, 0.4) is 0 Å². The summed E-state index contributed by atoms with van der Waals surface area (Å²) in [6.07, 6.45) is 0. The van der Waals surface area contributed by atoms with Gasteiger partial charge in [-0.25, -0.2) is 4.98 Å². The molecule has 0 aliphatic heterocycles. The smallest absolute Gasteiger partial charge is 0.294 e. The summed E-state index contributed by atoms with van der Waals surface area (Å²) in [4.78, 5) is 7.58. The van der Waals surface area contributed by atoms with Gasteiger partial charge in [-0.3, -0.25) is 4.55 Å². The van der Waals surface area contributed by atoms with Gasteiger partial charge in [0.15, 0.2) is 0 Å². The van der Waals surface area contributed by atoms with Crippen molar-refractivity contribution < 1.29 is 27.6 Å². The first-order chi connectivity index (χ1) is 16.3. The average Bonchev–Trinajstić information content (AvgIpc) is 3.27. The summed E-state index contributed by atoms with van der Waals surface area (Å²) < 4.78 is 43.6. The van der Waals surface area contributed by atoms with Crippen LogP contribution in [0.15, 0.2) is 71.6 Å². The number of aromatic amines is 1. The molecule has 0 atom stereocenters. The summed E-state index contributed by atoms with van der Waals surface area (Å²) in [5.41, 5.74) is 3.58. The Hall–Kier alpha value is -4.08. The molecule has 5 aromatic rings. The van der Waals surface area contributed by atoms with E-state index in [4.69, 9.17) is 14.5 Å². The van der Waals surface area contributed by atoms with Gasteiger partial charge in [0.1, 0.15) is 28.6 Å². The largest absolute Gasteiger partial charge is 0.507 e. The Morgan fingerprint density at radius 3 is 2.41 bits per heavy atom. The average molecular weight is 477 g/mol. The van der Waals surface area contributed by atoms with Gasteiger partial charge in [-0.1, -0.05) is 30.3 Å². The van der Waals surface area contributed by atoms with Gasteiger partial charge < -0.3 is 19.6 Å². The fourth-order valence-electron chi connectivity index (χ4n) is 4.12. The topological polar surface area (TPSA) is 122 Å². The van der Waals surface area contributed by atoms with Gasteiger partial charge in [0, 0.05) is 11.6 Å². The zero-order chi connectivity index (χ0) is 24.0. The van der Waals surface area contributed by atoms with E-state index in [1.54, 1.807) is 26.4 Å². The number of benzene rings is 4. The van der Waals surface area contributed by atoms with Crippen LogP contribution in [0.25, 0.3) is 44.3 Å². The van der Waals surface area contributed by atoms with Crippen molar-refractivity contribution in [1.29, 1.82) is 0 Å². The minimum Gasteiger partial charge on any atom is -0.507 e. The number of phenols is 1. The number of imidazole rings is 1. The molecular formula is C25H20N2O6S. The second-order valence-electron chi connectivity index (χ2n) is 7.68. The van der Waals surface area contributed by atoms with Crippen molar-refractivity contribution in [1.82, 2.24) is 9.97 Å². The number of fused-ring (bicyclic) bond motifs is 3. The molecule has 9 heteroatoms. The van der Waals surface area contributed by atoms with Crippen LogP contribution in [-0.2, 0) is 10.1 Å². The molecule has 0 fully saturated rings. The van der Waals surface area contributed by atoms with Gasteiger partial charge in [0.05, 0.1) is 35.6 Å². The van der Waals surface area contributed by atoms with Gasteiger partial charge in [0.2, 0.25) is 0 Å². The molecule has 0 spiro atoms. The van der Waals surface area contributed by atoms with Crippen molar-refractivity contribution in [2.75, 3.05) is 14.2 Å². The third kappa shape index (κ3) is 3.60. The number of methoxy groups -OCH3 is 2. The third-order valence-electron chi connectivity index (χ3n) is 5.67. The lowest BCUT2D eigenvalue weighted by Crippen LogP contribution is -1.97. The number of ether oxygens (including phenoxy) is 2. The SMILES string of the molecule is COc1cccc(-c2cccc(-c3nc4c(ccc5cc(S(=O)(=O)O)cc(O)c54)[nH]3)c2OC)c1. The van der Waals surface area contributed by atoms with E-state index in [1.165, 1.54) is 6.07 Å². The second-order valence-corrected chi connectivity index (χ2v) is 9.10. The molecule has 0 aliphatic rings. The Morgan fingerprint density at radius 2 is 1.68 bits per heavy atom. The normalized spacial score (nSPS) is 11.7. The van der Waals surface area contributed by atoms with E-state index in [1.807, 2.05) is 42.5 Å².